The molecule has 142 valence electrons. The first-order valence-electron chi connectivity index (χ1n) is 7.50. The lowest BCUT2D eigenvalue weighted by atomic mass is 10.1. The van der Waals surface area contributed by atoms with E-state index in [1.165, 1.54) is 21.3 Å². The standard InChI is InChI=1S/C16H18F3N3O4/c1-22-13(8-12(21-22)16(17,18)19)20-14(23)5-4-9-6-10(25-2)15(24)11(7-9)26-3/h6-8,24H,4-5H2,1-3H3,(H,20,23). The highest BCUT2D eigenvalue weighted by Gasteiger charge is 2.34. The smallest absolute Gasteiger partial charge is 0.435 e. The number of carbonyl (C=O) groups excluding carboxylic acids is 1. The van der Waals surface area contributed by atoms with Gasteiger partial charge in [-0.15, -0.1) is 0 Å². The van der Waals surface area contributed by atoms with E-state index in [-0.39, 0.29) is 35.9 Å². The third-order valence-corrected chi connectivity index (χ3v) is 3.62. The molecule has 26 heavy (non-hydrogen) atoms. The minimum absolute atomic E-state index is 0.00359. The number of halogens is 3. The van der Waals surface area contributed by atoms with Crippen LogP contribution in [0.4, 0.5) is 19.0 Å². The molecular weight excluding hydrogens is 355 g/mol. The Morgan fingerprint density at radius 2 is 1.81 bits per heavy atom. The molecule has 0 unspecified atom stereocenters. The van der Waals surface area contributed by atoms with Crippen molar-refractivity contribution in [3.05, 3.63) is 29.5 Å². The van der Waals surface area contributed by atoms with Crippen molar-refractivity contribution in [3.8, 4) is 17.2 Å². The van der Waals surface area contributed by atoms with E-state index in [1.54, 1.807) is 12.1 Å². The highest BCUT2D eigenvalue weighted by Crippen LogP contribution is 2.37. The molecule has 1 amide bonds. The Kier molecular flexibility index (Phi) is 5.63. The van der Waals surface area contributed by atoms with Gasteiger partial charge >= 0.3 is 6.18 Å². The number of hydrogen-bond acceptors (Lipinski definition) is 5. The van der Waals surface area contributed by atoms with Crippen LogP contribution in [0.1, 0.15) is 17.7 Å². The summed E-state index contributed by atoms with van der Waals surface area (Å²) in [4.78, 5) is 12.0. The van der Waals surface area contributed by atoms with Gasteiger partial charge < -0.3 is 19.9 Å². The molecule has 0 aliphatic rings. The van der Waals surface area contributed by atoms with E-state index in [2.05, 4.69) is 10.4 Å². The van der Waals surface area contributed by atoms with Crippen molar-refractivity contribution < 1.29 is 32.5 Å². The molecule has 0 spiro atoms. The summed E-state index contributed by atoms with van der Waals surface area (Å²) in [6.07, 6.45) is -4.31. The molecule has 1 aromatic carbocycles. The van der Waals surface area contributed by atoms with E-state index in [0.717, 1.165) is 10.7 Å². The minimum atomic E-state index is -4.58. The molecule has 0 saturated carbocycles. The zero-order valence-electron chi connectivity index (χ0n) is 14.3. The van der Waals surface area contributed by atoms with E-state index in [9.17, 15) is 23.1 Å². The number of carbonyl (C=O) groups is 1. The van der Waals surface area contributed by atoms with Gasteiger partial charge in [0, 0.05) is 19.5 Å². The van der Waals surface area contributed by atoms with E-state index >= 15 is 0 Å². The van der Waals surface area contributed by atoms with Crippen LogP contribution in [0.2, 0.25) is 0 Å². The maximum Gasteiger partial charge on any atom is 0.435 e. The summed E-state index contributed by atoms with van der Waals surface area (Å²) in [5, 5.41) is 15.6. The fraction of sp³-hybridized carbons (Fsp3) is 0.375. The monoisotopic (exact) mass is 373 g/mol. The average molecular weight is 373 g/mol. The van der Waals surface area contributed by atoms with Gasteiger partial charge in [0.25, 0.3) is 0 Å². The summed E-state index contributed by atoms with van der Waals surface area (Å²) in [5.41, 5.74) is -0.420. The summed E-state index contributed by atoms with van der Waals surface area (Å²) in [7, 11) is 4.07. The molecule has 0 aliphatic carbocycles. The molecule has 2 rings (SSSR count). The second-order valence-corrected chi connectivity index (χ2v) is 5.43. The number of ether oxygens (including phenoxy) is 2. The molecule has 7 nitrogen and oxygen atoms in total. The number of benzene rings is 1. The summed E-state index contributed by atoms with van der Waals surface area (Å²) < 4.78 is 48.9. The van der Waals surface area contributed by atoms with Crippen molar-refractivity contribution in [3.63, 3.8) is 0 Å². The molecule has 0 radical (unpaired) electrons. The molecule has 2 aromatic rings. The van der Waals surface area contributed by atoms with Crippen LogP contribution in [-0.2, 0) is 24.4 Å². The number of nitrogens with one attached hydrogen (secondary N) is 1. The normalized spacial score (nSPS) is 11.3. The number of hydrogen-bond donors (Lipinski definition) is 2. The highest BCUT2D eigenvalue weighted by atomic mass is 19.4. The number of aromatic nitrogens is 2. The number of amides is 1. The fourth-order valence-corrected chi connectivity index (χ4v) is 2.28. The Bertz CT molecular complexity index is 778. The summed E-state index contributed by atoms with van der Waals surface area (Å²) in [6.45, 7) is 0. The predicted molar refractivity (Wildman–Crippen MR) is 86.4 cm³/mol. The Hall–Kier alpha value is -2.91. The minimum Gasteiger partial charge on any atom is -0.502 e. The molecule has 1 heterocycles. The Morgan fingerprint density at radius 1 is 1.23 bits per heavy atom. The topological polar surface area (TPSA) is 85.6 Å². The molecule has 2 N–H and O–H groups in total. The maximum atomic E-state index is 12.6. The first-order valence-corrected chi connectivity index (χ1v) is 7.50. The zero-order chi connectivity index (χ0) is 19.5. The van der Waals surface area contributed by atoms with E-state index in [1.807, 2.05) is 0 Å². The maximum absolute atomic E-state index is 12.6. The van der Waals surface area contributed by atoms with Crippen molar-refractivity contribution in [2.75, 3.05) is 19.5 Å². The van der Waals surface area contributed by atoms with Gasteiger partial charge in [-0.2, -0.15) is 18.3 Å². The van der Waals surface area contributed by atoms with Crippen molar-refractivity contribution in [2.45, 2.75) is 19.0 Å². The van der Waals surface area contributed by atoms with Gasteiger partial charge in [0.15, 0.2) is 17.2 Å². The lowest BCUT2D eigenvalue weighted by molar-refractivity contribution is -0.141. The van der Waals surface area contributed by atoms with Gasteiger partial charge in [0.1, 0.15) is 5.82 Å². The zero-order valence-corrected chi connectivity index (χ0v) is 14.3. The van der Waals surface area contributed by atoms with Crippen LogP contribution < -0.4 is 14.8 Å². The van der Waals surface area contributed by atoms with Crippen molar-refractivity contribution in [1.29, 1.82) is 0 Å². The largest absolute Gasteiger partial charge is 0.502 e. The fourth-order valence-electron chi connectivity index (χ4n) is 2.28. The second-order valence-electron chi connectivity index (χ2n) is 5.43. The van der Waals surface area contributed by atoms with Crippen molar-refractivity contribution >= 4 is 11.7 Å². The van der Waals surface area contributed by atoms with Gasteiger partial charge in [-0.1, -0.05) is 0 Å². The first kappa shape index (κ1) is 19.4. The second kappa shape index (κ2) is 7.54. The number of aryl methyl sites for hydroxylation is 2. The molecule has 1 aromatic heterocycles. The Labute approximate surface area is 147 Å². The Morgan fingerprint density at radius 3 is 2.27 bits per heavy atom. The number of phenolic OH excluding ortho intramolecular Hbond substituents is 1. The van der Waals surface area contributed by atoms with Crippen LogP contribution in [0.15, 0.2) is 18.2 Å². The van der Waals surface area contributed by atoms with Gasteiger partial charge in [-0.25, -0.2) is 0 Å². The van der Waals surface area contributed by atoms with Crippen LogP contribution in [0.3, 0.4) is 0 Å². The number of methoxy groups -OCH3 is 2. The lowest BCUT2D eigenvalue weighted by Crippen LogP contribution is -2.14. The van der Waals surface area contributed by atoms with E-state index in [4.69, 9.17) is 9.47 Å². The van der Waals surface area contributed by atoms with Gasteiger partial charge in [-0.05, 0) is 24.1 Å². The summed E-state index contributed by atoms with van der Waals surface area (Å²) in [5.74, 6) is -0.295. The Balaban J connectivity index is 2.05. The van der Waals surface area contributed by atoms with Gasteiger partial charge in [-0.3, -0.25) is 9.48 Å². The van der Waals surface area contributed by atoms with Gasteiger partial charge in [0.2, 0.25) is 11.7 Å². The van der Waals surface area contributed by atoms with Gasteiger partial charge in [0.05, 0.1) is 14.2 Å². The molecular formula is C16H18F3N3O4. The number of alkyl halides is 3. The molecule has 0 bridgehead atoms. The third-order valence-electron chi connectivity index (χ3n) is 3.62. The quantitative estimate of drug-likeness (QED) is 0.813. The molecule has 10 heteroatoms. The molecule has 0 aliphatic heterocycles. The number of rotatable bonds is 6. The van der Waals surface area contributed by atoms with Crippen LogP contribution in [0.25, 0.3) is 0 Å². The summed E-state index contributed by atoms with van der Waals surface area (Å²) in [6, 6.07) is 3.87. The number of nitrogens with zero attached hydrogens (tertiary/aromatic N) is 2. The molecule has 0 saturated heterocycles. The van der Waals surface area contributed by atoms with Crippen LogP contribution in [-0.4, -0.2) is 35.0 Å². The third kappa shape index (κ3) is 4.38. The number of phenols is 1. The lowest BCUT2D eigenvalue weighted by Gasteiger charge is -2.11. The predicted octanol–water partition coefficient (Wildman–Crippen LogP) is 2.73. The van der Waals surface area contributed by atoms with Crippen LogP contribution in [0, 0.1) is 0 Å². The van der Waals surface area contributed by atoms with E-state index < -0.39 is 17.8 Å². The van der Waals surface area contributed by atoms with Crippen molar-refractivity contribution in [1.82, 2.24) is 9.78 Å². The van der Waals surface area contributed by atoms with Crippen molar-refractivity contribution in [2.24, 2.45) is 7.05 Å². The number of anilines is 1. The van der Waals surface area contributed by atoms with Crippen LogP contribution in [0.5, 0.6) is 17.2 Å². The van der Waals surface area contributed by atoms with Crippen LogP contribution >= 0.6 is 0 Å². The first-order chi connectivity index (χ1) is 12.2. The highest BCUT2D eigenvalue weighted by molar-refractivity contribution is 5.90. The average Bonchev–Trinajstić information content (AvgIpc) is 2.95. The molecule has 0 fully saturated rings. The van der Waals surface area contributed by atoms with E-state index in [0.29, 0.717) is 5.56 Å². The SMILES string of the molecule is COc1cc(CCC(=O)Nc2cc(C(F)(F)F)nn2C)cc(OC)c1O. The summed E-state index contributed by atoms with van der Waals surface area (Å²) >= 11 is 0. The number of aromatic hydroxyl groups is 1. The molecule has 0 atom stereocenters.